The Morgan fingerprint density at radius 2 is 2.31 bits per heavy atom. The molecule has 0 aliphatic carbocycles. The van der Waals surface area contributed by atoms with Gasteiger partial charge in [0.25, 0.3) is 0 Å². The van der Waals surface area contributed by atoms with Crippen LogP contribution in [0.3, 0.4) is 0 Å². The minimum atomic E-state index is 0.547. The van der Waals surface area contributed by atoms with Crippen molar-refractivity contribution in [3.8, 4) is 0 Å². The molecule has 3 heteroatoms. The van der Waals surface area contributed by atoms with E-state index in [9.17, 15) is 0 Å². The maximum Gasteiger partial charge on any atom is 0.0438 e. The Bertz CT molecular complexity index is 484. The summed E-state index contributed by atoms with van der Waals surface area (Å²) >= 11 is 0. The second-order valence-corrected chi connectivity index (χ2v) is 4.24. The molecule has 0 amide bonds. The van der Waals surface area contributed by atoms with Crippen molar-refractivity contribution in [2.45, 2.75) is 12.5 Å². The predicted octanol–water partition coefficient (Wildman–Crippen LogP) is 2.01. The molecule has 3 rings (SSSR count). The highest BCUT2D eigenvalue weighted by Crippen LogP contribution is 2.23. The number of fused-ring (bicyclic) bond motifs is 1. The molecule has 1 atom stereocenters. The van der Waals surface area contributed by atoms with Crippen molar-refractivity contribution in [3.05, 3.63) is 36.7 Å². The lowest BCUT2D eigenvalue weighted by atomic mass is 10.1. The number of rotatable bonds is 2. The molecule has 0 bridgehead atoms. The van der Waals surface area contributed by atoms with Crippen molar-refractivity contribution in [3.63, 3.8) is 0 Å². The minimum absolute atomic E-state index is 0.547. The second-order valence-electron chi connectivity index (χ2n) is 4.24. The van der Waals surface area contributed by atoms with E-state index in [1.165, 1.54) is 22.9 Å². The van der Waals surface area contributed by atoms with Gasteiger partial charge in [-0.2, -0.15) is 0 Å². The van der Waals surface area contributed by atoms with E-state index in [1.54, 1.807) is 0 Å². The van der Waals surface area contributed by atoms with Crippen molar-refractivity contribution in [1.29, 1.82) is 0 Å². The quantitative estimate of drug-likeness (QED) is 0.801. The molecule has 0 radical (unpaired) electrons. The van der Waals surface area contributed by atoms with Crippen molar-refractivity contribution in [2.24, 2.45) is 0 Å². The molecule has 2 aromatic rings. The monoisotopic (exact) mass is 213 g/mol. The van der Waals surface area contributed by atoms with Crippen LogP contribution in [0.2, 0.25) is 0 Å². The number of hydrogen-bond acceptors (Lipinski definition) is 3. The highest BCUT2D eigenvalue weighted by molar-refractivity contribution is 5.93. The summed E-state index contributed by atoms with van der Waals surface area (Å²) in [5, 5.41) is 9.39. The Morgan fingerprint density at radius 1 is 1.31 bits per heavy atom. The topological polar surface area (TPSA) is 37.0 Å². The summed E-state index contributed by atoms with van der Waals surface area (Å²) in [6.07, 6.45) is 4.96. The molecule has 1 aliphatic heterocycles. The lowest BCUT2D eigenvalue weighted by Crippen LogP contribution is -2.22. The minimum Gasteiger partial charge on any atom is -0.380 e. The molecule has 2 heterocycles. The van der Waals surface area contributed by atoms with Gasteiger partial charge in [0.1, 0.15) is 0 Å². The maximum atomic E-state index is 4.19. The molecular weight excluding hydrogens is 198 g/mol. The maximum absolute atomic E-state index is 4.19. The fraction of sp³-hybridized carbons (Fsp3) is 0.308. The summed E-state index contributed by atoms with van der Waals surface area (Å²) in [4.78, 5) is 4.19. The van der Waals surface area contributed by atoms with E-state index in [0.717, 1.165) is 13.1 Å². The summed E-state index contributed by atoms with van der Waals surface area (Å²) in [6.45, 7) is 2.16. The van der Waals surface area contributed by atoms with Crippen LogP contribution in [0, 0.1) is 0 Å². The summed E-state index contributed by atoms with van der Waals surface area (Å²) in [5.74, 6) is 0. The first-order valence-electron chi connectivity index (χ1n) is 5.73. The van der Waals surface area contributed by atoms with Gasteiger partial charge in [-0.05, 0) is 30.5 Å². The molecule has 1 unspecified atom stereocenters. The molecular formula is C13H15N3. The third-order valence-electron chi connectivity index (χ3n) is 3.10. The average molecular weight is 213 g/mol. The molecule has 3 nitrogen and oxygen atoms in total. The van der Waals surface area contributed by atoms with Gasteiger partial charge >= 0.3 is 0 Å². The van der Waals surface area contributed by atoms with Crippen LogP contribution in [-0.4, -0.2) is 24.1 Å². The third kappa shape index (κ3) is 1.74. The first-order valence-corrected chi connectivity index (χ1v) is 5.73. The highest BCUT2D eigenvalue weighted by atomic mass is 15.0. The van der Waals surface area contributed by atoms with E-state index in [1.807, 2.05) is 18.5 Å². The zero-order valence-corrected chi connectivity index (χ0v) is 9.11. The van der Waals surface area contributed by atoms with E-state index < -0.39 is 0 Å². The molecule has 1 aromatic carbocycles. The molecule has 1 saturated heterocycles. The zero-order valence-electron chi connectivity index (χ0n) is 9.11. The molecule has 1 aliphatic rings. The van der Waals surface area contributed by atoms with Gasteiger partial charge in [0.15, 0.2) is 0 Å². The first kappa shape index (κ1) is 9.60. The van der Waals surface area contributed by atoms with E-state index in [4.69, 9.17) is 0 Å². The van der Waals surface area contributed by atoms with Gasteiger partial charge in [-0.1, -0.05) is 12.1 Å². The van der Waals surface area contributed by atoms with Crippen molar-refractivity contribution in [2.75, 3.05) is 18.4 Å². The highest BCUT2D eigenvalue weighted by Gasteiger charge is 2.14. The normalized spacial score (nSPS) is 20.1. The lowest BCUT2D eigenvalue weighted by Gasteiger charge is -2.14. The molecule has 0 spiro atoms. The number of benzene rings is 1. The Morgan fingerprint density at radius 3 is 3.19 bits per heavy atom. The summed E-state index contributed by atoms with van der Waals surface area (Å²) in [7, 11) is 0. The van der Waals surface area contributed by atoms with Crippen molar-refractivity contribution >= 4 is 16.5 Å². The van der Waals surface area contributed by atoms with E-state index >= 15 is 0 Å². The Labute approximate surface area is 94.9 Å². The summed E-state index contributed by atoms with van der Waals surface area (Å²) < 4.78 is 0. The van der Waals surface area contributed by atoms with Gasteiger partial charge in [-0.25, -0.2) is 0 Å². The summed E-state index contributed by atoms with van der Waals surface area (Å²) in [5.41, 5.74) is 1.19. The molecule has 1 aromatic heterocycles. The number of pyridine rings is 1. The molecule has 82 valence electrons. The smallest absolute Gasteiger partial charge is 0.0438 e. The Hall–Kier alpha value is -1.61. The summed E-state index contributed by atoms with van der Waals surface area (Å²) in [6, 6.07) is 8.93. The van der Waals surface area contributed by atoms with Crippen molar-refractivity contribution in [1.82, 2.24) is 10.3 Å². The van der Waals surface area contributed by atoms with Crippen LogP contribution in [0.5, 0.6) is 0 Å². The van der Waals surface area contributed by atoms with Crippen LogP contribution in [0.25, 0.3) is 10.8 Å². The Balaban J connectivity index is 1.96. The van der Waals surface area contributed by atoms with Crippen LogP contribution in [0.15, 0.2) is 36.7 Å². The van der Waals surface area contributed by atoms with Crippen LogP contribution in [0.4, 0.5) is 5.69 Å². The van der Waals surface area contributed by atoms with Crippen LogP contribution >= 0.6 is 0 Å². The van der Waals surface area contributed by atoms with Gasteiger partial charge in [-0.15, -0.1) is 0 Å². The van der Waals surface area contributed by atoms with Crippen LogP contribution in [0.1, 0.15) is 6.42 Å². The second kappa shape index (κ2) is 4.10. The third-order valence-corrected chi connectivity index (χ3v) is 3.10. The van der Waals surface area contributed by atoms with Gasteiger partial charge in [-0.3, -0.25) is 4.98 Å². The molecule has 2 N–H and O–H groups in total. The van der Waals surface area contributed by atoms with E-state index in [0.29, 0.717) is 6.04 Å². The van der Waals surface area contributed by atoms with Gasteiger partial charge in [0, 0.05) is 36.1 Å². The fourth-order valence-corrected chi connectivity index (χ4v) is 2.24. The average Bonchev–Trinajstić information content (AvgIpc) is 2.82. The van der Waals surface area contributed by atoms with Crippen LogP contribution < -0.4 is 10.6 Å². The Kier molecular flexibility index (Phi) is 2.46. The van der Waals surface area contributed by atoms with E-state index in [-0.39, 0.29) is 0 Å². The number of nitrogens with zero attached hydrogens (tertiary/aromatic N) is 1. The predicted molar refractivity (Wildman–Crippen MR) is 66.6 cm³/mol. The standard InChI is InChI=1S/C13H15N3/c1-2-10-4-6-15-9-12(10)13(3-1)16-11-5-7-14-8-11/h1-4,6,9,11,14,16H,5,7-8H2. The molecule has 16 heavy (non-hydrogen) atoms. The number of aromatic nitrogens is 1. The molecule has 1 fully saturated rings. The van der Waals surface area contributed by atoms with Crippen LogP contribution in [-0.2, 0) is 0 Å². The fourth-order valence-electron chi connectivity index (χ4n) is 2.24. The number of nitrogens with one attached hydrogen (secondary N) is 2. The van der Waals surface area contributed by atoms with Gasteiger partial charge in [0.05, 0.1) is 0 Å². The zero-order chi connectivity index (χ0) is 10.8. The van der Waals surface area contributed by atoms with Crippen molar-refractivity contribution < 1.29 is 0 Å². The van der Waals surface area contributed by atoms with Gasteiger partial charge < -0.3 is 10.6 Å². The van der Waals surface area contributed by atoms with Gasteiger partial charge in [0.2, 0.25) is 0 Å². The SMILES string of the molecule is c1cc(NC2CCNC2)c2cnccc2c1. The number of hydrogen-bond donors (Lipinski definition) is 2. The van der Waals surface area contributed by atoms with E-state index in [2.05, 4.69) is 33.8 Å². The number of anilines is 1. The largest absolute Gasteiger partial charge is 0.380 e. The lowest BCUT2D eigenvalue weighted by molar-refractivity contribution is 0.794. The first-order chi connectivity index (χ1) is 7.93. The molecule has 0 saturated carbocycles.